The van der Waals surface area contributed by atoms with E-state index in [4.69, 9.17) is 18.9 Å². The molecule has 31 heavy (non-hydrogen) atoms. The van der Waals surface area contributed by atoms with Crippen LogP contribution in [0, 0.1) is 0 Å². The number of benzene rings is 2. The average molecular weight is 424 g/mol. The zero-order valence-electron chi connectivity index (χ0n) is 18.2. The minimum atomic E-state index is -0.722. The molecule has 0 N–H and O–H groups in total. The van der Waals surface area contributed by atoms with Gasteiger partial charge in [-0.3, -0.25) is 0 Å². The highest BCUT2D eigenvalue weighted by atomic mass is 16.6. The molecule has 0 spiro atoms. The lowest BCUT2D eigenvalue weighted by atomic mass is 9.97. The maximum Gasteiger partial charge on any atom is 0.345 e. The minimum Gasteiger partial charge on any atom is -0.493 e. The van der Waals surface area contributed by atoms with Gasteiger partial charge in [0.05, 0.1) is 26.9 Å². The van der Waals surface area contributed by atoms with E-state index >= 15 is 0 Å². The molecule has 0 heterocycles. The summed E-state index contributed by atoms with van der Waals surface area (Å²) >= 11 is 0. The zero-order valence-corrected chi connectivity index (χ0v) is 18.2. The van der Waals surface area contributed by atoms with Gasteiger partial charge in [-0.2, -0.15) is 0 Å². The van der Waals surface area contributed by atoms with Gasteiger partial charge in [0.15, 0.2) is 11.5 Å². The Morgan fingerprint density at radius 1 is 0.935 bits per heavy atom. The molecule has 2 aromatic carbocycles. The molecular formula is C25H28O6. The van der Waals surface area contributed by atoms with E-state index in [9.17, 15) is 9.59 Å². The second-order valence-corrected chi connectivity index (χ2v) is 7.34. The summed E-state index contributed by atoms with van der Waals surface area (Å²) in [4.78, 5) is 24.5. The largest absolute Gasteiger partial charge is 0.493 e. The monoisotopic (exact) mass is 424 g/mol. The summed E-state index contributed by atoms with van der Waals surface area (Å²) in [6.45, 7) is 4.20. The molecule has 164 valence electrons. The molecule has 3 rings (SSSR count). The number of methoxy groups -OCH3 is 1. The Morgan fingerprint density at radius 2 is 1.58 bits per heavy atom. The van der Waals surface area contributed by atoms with E-state index in [0.29, 0.717) is 23.7 Å². The van der Waals surface area contributed by atoms with Crippen LogP contribution >= 0.6 is 0 Å². The topological polar surface area (TPSA) is 71.1 Å². The number of hydrogen-bond acceptors (Lipinski definition) is 6. The van der Waals surface area contributed by atoms with Crippen LogP contribution in [0.4, 0.5) is 0 Å². The molecule has 1 aliphatic carbocycles. The van der Waals surface area contributed by atoms with E-state index in [1.54, 1.807) is 39.2 Å². The van der Waals surface area contributed by atoms with Crippen molar-refractivity contribution in [1.29, 1.82) is 0 Å². The van der Waals surface area contributed by atoms with Gasteiger partial charge in [-0.1, -0.05) is 36.4 Å². The summed E-state index contributed by atoms with van der Waals surface area (Å²) in [5.41, 5.74) is 1.72. The lowest BCUT2D eigenvalue weighted by molar-refractivity contribution is -0.146. The van der Waals surface area contributed by atoms with Crippen LogP contribution in [-0.2, 0) is 24.5 Å². The predicted molar refractivity (Wildman–Crippen MR) is 117 cm³/mol. The fraction of sp³-hybridized carbons (Fsp3) is 0.360. The van der Waals surface area contributed by atoms with Crippen molar-refractivity contribution in [2.75, 3.05) is 26.9 Å². The Kier molecular flexibility index (Phi) is 7.34. The molecule has 2 aromatic rings. The third kappa shape index (κ3) is 5.45. The molecule has 0 atom stereocenters. The van der Waals surface area contributed by atoms with Crippen molar-refractivity contribution in [2.45, 2.75) is 32.1 Å². The van der Waals surface area contributed by atoms with Crippen molar-refractivity contribution in [2.24, 2.45) is 0 Å². The van der Waals surface area contributed by atoms with E-state index < -0.39 is 11.9 Å². The van der Waals surface area contributed by atoms with Crippen LogP contribution < -0.4 is 9.47 Å². The summed E-state index contributed by atoms with van der Waals surface area (Å²) in [6, 6.07) is 15.6. The van der Waals surface area contributed by atoms with Crippen LogP contribution in [0.5, 0.6) is 11.5 Å². The van der Waals surface area contributed by atoms with Crippen LogP contribution in [0.25, 0.3) is 6.08 Å². The smallest absolute Gasteiger partial charge is 0.345 e. The first kappa shape index (κ1) is 22.4. The fourth-order valence-corrected chi connectivity index (χ4v) is 3.36. The van der Waals surface area contributed by atoms with Crippen molar-refractivity contribution in [3.63, 3.8) is 0 Å². The molecule has 0 bridgehead atoms. The maximum atomic E-state index is 12.2. The summed E-state index contributed by atoms with van der Waals surface area (Å²) in [5.74, 6) is -0.319. The summed E-state index contributed by atoms with van der Waals surface area (Å²) < 4.78 is 21.6. The van der Waals surface area contributed by atoms with Crippen LogP contribution in [0.1, 0.15) is 37.8 Å². The molecule has 6 nitrogen and oxygen atoms in total. The SMILES string of the molecule is CCOC(=O)C(=Cc1ccc(OC)c(OCC2(c3ccccc3)CC2)c1)C(=O)OCC. The predicted octanol–water partition coefficient (Wildman–Crippen LogP) is 4.32. The van der Waals surface area contributed by atoms with Gasteiger partial charge in [0, 0.05) is 5.41 Å². The number of rotatable bonds is 10. The molecule has 1 fully saturated rings. The molecule has 0 amide bonds. The first-order valence-electron chi connectivity index (χ1n) is 10.4. The zero-order chi connectivity index (χ0) is 22.3. The molecule has 0 aromatic heterocycles. The number of ether oxygens (including phenoxy) is 4. The van der Waals surface area contributed by atoms with Gasteiger partial charge < -0.3 is 18.9 Å². The molecular weight excluding hydrogens is 396 g/mol. The molecule has 1 saturated carbocycles. The van der Waals surface area contributed by atoms with Gasteiger partial charge in [0.1, 0.15) is 5.57 Å². The van der Waals surface area contributed by atoms with E-state index in [0.717, 1.165) is 12.8 Å². The number of carbonyl (C=O) groups is 2. The average Bonchev–Trinajstić information content (AvgIpc) is 3.58. The molecule has 0 saturated heterocycles. The van der Waals surface area contributed by atoms with Crippen LogP contribution in [0.2, 0.25) is 0 Å². The van der Waals surface area contributed by atoms with E-state index in [1.165, 1.54) is 11.6 Å². The van der Waals surface area contributed by atoms with E-state index in [-0.39, 0.29) is 24.2 Å². The molecule has 0 unspecified atom stereocenters. The van der Waals surface area contributed by atoms with Gasteiger partial charge in [-0.05, 0) is 56.0 Å². The van der Waals surface area contributed by atoms with Crippen molar-refractivity contribution in [3.05, 3.63) is 65.2 Å². The van der Waals surface area contributed by atoms with E-state index in [2.05, 4.69) is 12.1 Å². The van der Waals surface area contributed by atoms with Gasteiger partial charge in [0.25, 0.3) is 0 Å². The minimum absolute atomic E-state index is 0.0130. The van der Waals surface area contributed by atoms with Gasteiger partial charge in [-0.25, -0.2) is 9.59 Å². The Morgan fingerprint density at radius 3 is 2.13 bits per heavy atom. The lowest BCUT2D eigenvalue weighted by Crippen LogP contribution is -2.18. The summed E-state index contributed by atoms with van der Waals surface area (Å²) in [5, 5.41) is 0. The van der Waals surface area contributed by atoms with E-state index in [1.807, 2.05) is 18.2 Å². The molecule has 1 aliphatic rings. The van der Waals surface area contributed by atoms with Crippen molar-refractivity contribution < 1.29 is 28.5 Å². The van der Waals surface area contributed by atoms with Gasteiger partial charge in [0.2, 0.25) is 0 Å². The Hall–Kier alpha value is -3.28. The van der Waals surface area contributed by atoms with Crippen molar-refractivity contribution in [3.8, 4) is 11.5 Å². The fourth-order valence-electron chi connectivity index (χ4n) is 3.36. The number of esters is 2. The van der Waals surface area contributed by atoms with Crippen molar-refractivity contribution in [1.82, 2.24) is 0 Å². The normalized spacial score (nSPS) is 13.6. The van der Waals surface area contributed by atoms with Crippen molar-refractivity contribution >= 4 is 18.0 Å². The standard InChI is InChI=1S/C25H28O6/c1-4-29-23(26)20(24(27)30-5-2)15-18-11-12-21(28-3)22(16-18)31-17-25(13-14-25)19-9-7-6-8-10-19/h6-12,15-16H,4-5,13-14,17H2,1-3H3. The summed E-state index contributed by atoms with van der Waals surface area (Å²) in [6.07, 6.45) is 3.58. The second-order valence-electron chi connectivity index (χ2n) is 7.34. The van der Waals surface area contributed by atoms with Gasteiger partial charge in [-0.15, -0.1) is 0 Å². The Bertz CT molecular complexity index is 924. The highest BCUT2D eigenvalue weighted by Crippen LogP contribution is 2.48. The maximum absolute atomic E-state index is 12.2. The third-order valence-corrected chi connectivity index (χ3v) is 5.23. The highest BCUT2D eigenvalue weighted by molar-refractivity contribution is 6.17. The Labute approximate surface area is 182 Å². The second kappa shape index (κ2) is 10.2. The first-order chi connectivity index (χ1) is 15.0. The van der Waals surface area contributed by atoms with Crippen LogP contribution in [0.3, 0.4) is 0 Å². The quantitative estimate of drug-likeness (QED) is 0.245. The van der Waals surface area contributed by atoms with Crippen LogP contribution in [-0.4, -0.2) is 38.9 Å². The number of hydrogen-bond donors (Lipinski definition) is 0. The Balaban J connectivity index is 1.84. The van der Waals surface area contributed by atoms with Crippen LogP contribution in [0.15, 0.2) is 54.1 Å². The molecule has 6 heteroatoms. The summed E-state index contributed by atoms with van der Waals surface area (Å²) in [7, 11) is 1.57. The highest BCUT2D eigenvalue weighted by Gasteiger charge is 2.45. The van der Waals surface area contributed by atoms with Gasteiger partial charge >= 0.3 is 11.9 Å². The molecule has 0 aliphatic heterocycles. The molecule has 0 radical (unpaired) electrons. The third-order valence-electron chi connectivity index (χ3n) is 5.23. The first-order valence-corrected chi connectivity index (χ1v) is 10.4. The lowest BCUT2D eigenvalue weighted by Gasteiger charge is -2.18. The number of carbonyl (C=O) groups excluding carboxylic acids is 2.